The molecule has 4 heteroatoms. The fourth-order valence-corrected chi connectivity index (χ4v) is 51.0. The first kappa shape index (κ1) is 41.8. The topological polar surface area (TPSA) is 0 Å². The van der Waals surface area contributed by atoms with Gasteiger partial charge < -0.3 is 0 Å². The van der Waals surface area contributed by atoms with Gasteiger partial charge in [0.2, 0.25) is 0 Å². The van der Waals surface area contributed by atoms with E-state index in [1.807, 2.05) is 0 Å². The Balaban J connectivity index is 1.40. The first-order valence-electron chi connectivity index (χ1n) is 22.3. The first-order valence-corrected chi connectivity index (χ1v) is 38.6. The maximum atomic E-state index is 9.50. The Morgan fingerprint density at radius 1 is 0.483 bits per heavy atom. The molecule has 9 rings (SSSR count). The van der Waals surface area contributed by atoms with Gasteiger partial charge in [-0.2, -0.15) is 0 Å². The van der Waals surface area contributed by atoms with Crippen LogP contribution in [0, 0.1) is 10.8 Å². The molecule has 3 aliphatic rings. The molecular weight excluding hydrogens is 950 g/mol. The van der Waals surface area contributed by atoms with Gasteiger partial charge in [0, 0.05) is 0 Å². The summed E-state index contributed by atoms with van der Waals surface area (Å²) in [4.78, 5) is 0. The summed E-state index contributed by atoms with van der Waals surface area (Å²) >= 11 is -5.95. The van der Waals surface area contributed by atoms with E-state index in [0.29, 0.717) is 0 Å². The molecule has 0 N–H and O–H groups in total. The molecule has 0 spiro atoms. The van der Waals surface area contributed by atoms with Gasteiger partial charge in [-0.25, -0.2) is 0 Å². The molecular formula is C56H59Cl2HfSi. The third-order valence-corrected chi connectivity index (χ3v) is 45.2. The normalized spacial score (nSPS) is 18.0. The summed E-state index contributed by atoms with van der Waals surface area (Å²) < 4.78 is 1.02. The summed E-state index contributed by atoms with van der Waals surface area (Å²) in [6.07, 6.45) is 9.37. The molecule has 0 aromatic heterocycles. The van der Waals surface area contributed by atoms with Crippen molar-refractivity contribution in [2.45, 2.75) is 88.4 Å². The molecule has 0 fully saturated rings. The monoisotopic (exact) mass is 1010 g/mol. The second kappa shape index (κ2) is 15.4. The van der Waals surface area contributed by atoms with Gasteiger partial charge in [-0.3, -0.25) is 0 Å². The van der Waals surface area contributed by atoms with E-state index in [2.05, 4.69) is 195 Å². The maximum absolute atomic E-state index is 9.50. The zero-order chi connectivity index (χ0) is 42.2. The average Bonchev–Trinajstić information content (AvgIpc) is 3.95. The number of hydrogen-bond acceptors (Lipinski definition) is 0. The average molecular weight is 1010 g/mol. The van der Waals surface area contributed by atoms with Crippen molar-refractivity contribution >= 4 is 52.5 Å². The van der Waals surface area contributed by atoms with Crippen molar-refractivity contribution < 1.29 is 16.1 Å². The van der Waals surface area contributed by atoms with Crippen LogP contribution in [0.2, 0.25) is 0 Å². The Bertz CT molecular complexity index is 2600. The van der Waals surface area contributed by atoms with Crippen molar-refractivity contribution in [3.8, 4) is 33.4 Å². The number of hydrogen-bond donors (Lipinski definition) is 0. The quantitative estimate of drug-likeness (QED) is 0.126. The van der Waals surface area contributed by atoms with Gasteiger partial charge in [-0.1, -0.05) is 0 Å². The van der Waals surface area contributed by atoms with E-state index in [4.69, 9.17) is 0 Å². The molecule has 1 heterocycles. The van der Waals surface area contributed by atoms with Crippen molar-refractivity contribution in [2.75, 3.05) is 0 Å². The van der Waals surface area contributed by atoms with Gasteiger partial charge in [0.05, 0.1) is 0 Å². The summed E-state index contributed by atoms with van der Waals surface area (Å²) in [5, 5.41) is 2.96. The molecule has 0 amide bonds. The van der Waals surface area contributed by atoms with Crippen LogP contribution >= 0.6 is 17.2 Å². The molecule has 0 saturated carbocycles. The van der Waals surface area contributed by atoms with Crippen LogP contribution in [0.3, 0.4) is 0 Å². The second-order valence-electron chi connectivity index (χ2n) is 19.8. The Morgan fingerprint density at radius 2 is 0.900 bits per heavy atom. The Labute approximate surface area is 370 Å². The van der Waals surface area contributed by atoms with E-state index in [-0.39, 0.29) is 18.2 Å². The van der Waals surface area contributed by atoms with Crippen molar-refractivity contribution in [2.24, 2.45) is 10.8 Å². The molecule has 0 nitrogen and oxygen atoms in total. The molecule has 0 saturated heterocycles. The molecule has 1 aliphatic heterocycles. The molecule has 305 valence electrons. The van der Waals surface area contributed by atoms with E-state index < -0.39 is 25.7 Å². The zero-order valence-corrected chi connectivity index (χ0v) is 43.2. The Morgan fingerprint density at radius 3 is 1.38 bits per heavy atom. The number of fused-ring (bicyclic) bond motifs is 5. The van der Waals surface area contributed by atoms with Crippen molar-refractivity contribution in [1.29, 1.82) is 0 Å². The third-order valence-electron chi connectivity index (χ3n) is 13.9. The molecule has 2 unspecified atom stereocenters. The molecule has 60 heavy (non-hydrogen) atoms. The van der Waals surface area contributed by atoms with Crippen molar-refractivity contribution in [3.63, 3.8) is 0 Å². The van der Waals surface area contributed by atoms with Gasteiger partial charge in [0.1, 0.15) is 0 Å². The van der Waals surface area contributed by atoms with E-state index in [9.17, 15) is 17.2 Å². The van der Waals surface area contributed by atoms with Crippen LogP contribution in [-0.2, 0) is 29.0 Å². The SMILES string of the molecule is CCCc1ccccc1-c1cccc2c1C=C(C(C)(C)C)[CH]2[Hf]([Cl])([Cl])([c]1cccc2c1[SiH2]c1ccccc1-2)[CH]1C(C(C)(C)C)=Cc2c(-c3ccccc3CCC)cccc21. The number of aryl methyl sites for hydroxylation is 2. The minimum atomic E-state index is -5.95. The summed E-state index contributed by atoms with van der Waals surface area (Å²) in [7, 11) is 18.1. The Kier molecular flexibility index (Phi) is 10.7. The van der Waals surface area contributed by atoms with Crippen LogP contribution in [-0.4, -0.2) is 9.52 Å². The van der Waals surface area contributed by atoms with Crippen LogP contribution in [0.15, 0.2) is 139 Å². The van der Waals surface area contributed by atoms with Crippen molar-refractivity contribution in [1.82, 2.24) is 0 Å². The van der Waals surface area contributed by atoms with Gasteiger partial charge >= 0.3 is 373 Å². The summed E-state index contributed by atoms with van der Waals surface area (Å²) in [5.41, 5.74) is 18.3. The van der Waals surface area contributed by atoms with E-state index in [1.54, 1.807) is 0 Å². The van der Waals surface area contributed by atoms with Gasteiger partial charge in [-0.15, -0.1) is 0 Å². The van der Waals surface area contributed by atoms with E-state index in [1.165, 1.54) is 91.6 Å². The van der Waals surface area contributed by atoms with Gasteiger partial charge in [-0.05, 0) is 0 Å². The van der Waals surface area contributed by atoms with Crippen LogP contribution < -0.4 is 13.7 Å². The number of benzene rings is 6. The first-order chi connectivity index (χ1) is 28.7. The number of rotatable bonds is 9. The molecule has 0 radical (unpaired) electrons. The van der Waals surface area contributed by atoms with Crippen LogP contribution in [0.4, 0.5) is 0 Å². The number of allylic oxidation sites excluding steroid dienone is 2. The Hall–Kier alpha value is -3.53. The zero-order valence-electron chi connectivity index (χ0n) is 36.7. The molecule has 6 aromatic rings. The molecule has 0 bridgehead atoms. The van der Waals surface area contributed by atoms with Gasteiger partial charge in [0.15, 0.2) is 0 Å². The molecule has 2 aliphatic carbocycles. The molecule has 6 aromatic carbocycles. The standard InChI is InChI=1S/2C22H25.C12H9Si.2ClH.Hf/c2*1-5-9-16-10-6-7-12-19(16)20-13-8-11-17-14-18(15-21(17)20)22(2,3)4;1-3-7-11-9(5-1)10-6-2-4-8-12(10)13-11;;;/h2*6-8,10-15H,5,9H2,1-4H3;1-7H,13H2;2*1H;/q;;;;;+2/p-2. The fraction of sp³-hybridized carbons (Fsp3) is 0.286. The van der Waals surface area contributed by atoms with E-state index in [0.717, 1.165) is 25.7 Å². The van der Waals surface area contributed by atoms with Crippen LogP contribution in [0.5, 0.6) is 0 Å². The van der Waals surface area contributed by atoms with Crippen LogP contribution in [0.25, 0.3) is 45.5 Å². The van der Waals surface area contributed by atoms with Crippen LogP contribution in [0.1, 0.15) is 109 Å². The minimum absolute atomic E-state index is 0.138. The van der Waals surface area contributed by atoms with E-state index >= 15 is 0 Å². The predicted octanol–water partition coefficient (Wildman–Crippen LogP) is 14.0. The van der Waals surface area contributed by atoms with Gasteiger partial charge in [0.25, 0.3) is 0 Å². The molecule has 2 atom stereocenters. The summed E-state index contributed by atoms with van der Waals surface area (Å²) in [6.45, 7) is 18.9. The second-order valence-corrected chi connectivity index (χ2v) is 50.9. The summed E-state index contributed by atoms with van der Waals surface area (Å²) in [5.74, 6) is 0. The summed E-state index contributed by atoms with van der Waals surface area (Å²) in [6, 6.07) is 48.2. The predicted molar refractivity (Wildman–Crippen MR) is 263 cm³/mol. The number of halogens is 2. The third kappa shape index (κ3) is 6.61. The fourth-order valence-electron chi connectivity index (χ4n) is 11.3. The van der Waals surface area contributed by atoms with Crippen molar-refractivity contribution in [3.05, 3.63) is 172 Å².